The van der Waals surface area contributed by atoms with Crippen molar-refractivity contribution in [3.63, 3.8) is 0 Å². The maximum atomic E-state index is 5.64. The van der Waals surface area contributed by atoms with Gasteiger partial charge in [0.05, 0.1) is 0 Å². The first-order chi connectivity index (χ1) is 6.25. The maximum Gasteiger partial charge on any atom is 0.207 e. The van der Waals surface area contributed by atoms with E-state index in [0.29, 0.717) is 21.0 Å². The van der Waals surface area contributed by atoms with Crippen molar-refractivity contribution in [2.75, 3.05) is 5.73 Å². The van der Waals surface area contributed by atoms with Crippen LogP contribution in [0, 0.1) is 0 Å². The molecule has 2 heterocycles. The van der Waals surface area contributed by atoms with Crippen molar-refractivity contribution < 1.29 is 0 Å². The molecule has 4 nitrogen and oxygen atoms in total. The van der Waals surface area contributed by atoms with Gasteiger partial charge in [-0.1, -0.05) is 17.4 Å². The lowest BCUT2D eigenvalue weighted by Crippen LogP contribution is -1.90. The lowest BCUT2D eigenvalue weighted by molar-refractivity contribution is 1.09. The topological polar surface area (TPSA) is 64.7 Å². The largest absolute Gasteiger partial charge is 0.384 e. The summed E-state index contributed by atoms with van der Waals surface area (Å²) in [6.45, 7) is 0. The maximum absolute atomic E-state index is 5.64. The Bertz CT molecular complexity index is 428. The molecule has 0 spiro atoms. The van der Waals surface area contributed by atoms with Crippen molar-refractivity contribution in [2.45, 2.75) is 0 Å². The normalized spacial score (nSPS) is 10.2. The molecule has 2 N–H and O–H groups in total. The third kappa shape index (κ3) is 1.76. The van der Waals surface area contributed by atoms with E-state index in [1.807, 2.05) is 12.1 Å². The second kappa shape index (κ2) is 3.27. The molecule has 0 unspecified atom stereocenters. The zero-order chi connectivity index (χ0) is 9.26. The van der Waals surface area contributed by atoms with Crippen LogP contribution in [0.15, 0.2) is 18.2 Å². The molecule has 0 radical (unpaired) electrons. The lowest BCUT2D eigenvalue weighted by atomic mass is 10.3. The second-order valence-corrected chi connectivity index (χ2v) is 3.87. The first-order valence-electron chi connectivity index (χ1n) is 3.47. The fraction of sp³-hybridized carbons (Fsp3) is 0. The number of nitrogens with zero attached hydrogens (tertiary/aromatic N) is 3. The summed E-state index contributed by atoms with van der Waals surface area (Å²) in [7, 11) is 0. The summed E-state index contributed by atoms with van der Waals surface area (Å²) in [6, 6.07) is 5.34. The molecule has 0 saturated heterocycles. The number of pyridine rings is 1. The minimum atomic E-state index is 0.402. The molecule has 0 atom stereocenters. The molecule has 0 amide bonds. The molecule has 0 aliphatic rings. The Morgan fingerprint density at radius 3 is 2.77 bits per heavy atom. The molecule has 13 heavy (non-hydrogen) atoms. The van der Waals surface area contributed by atoms with Crippen molar-refractivity contribution >= 4 is 28.8 Å². The van der Waals surface area contributed by atoms with Gasteiger partial charge in [-0.25, -0.2) is 4.98 Å². The Hall–Kier alpha value is -1.20. The highest BCUT2D eigenvalue weighted by Crippen LogP contribution is 2.24. The molecule has 0 aromatic carbocycles. The summed E-state index contributed by atoms with van der Waals surface area (Å²) in [5.74, 6) is 0.462. The highest BCUT2D eigenvalue weighted by molar-refractivity contribution is 7.18. The number of nitrogen functional groups attached to an aromatic ring is 1. The van der Waals surface area contributed by atoms with Gasteiger partial charge in [0.15, 0.2) is 5.01 Å². The van der Waals surface area contributed by atoms with E-state index in [9.17, 15) is 0 Å². The average molecular weight is 213 g/mol. The van der Waals surface area contributed by atoms with Crippen LogP contribution in [-0.2, 0) is 0 Å². The van der Waals surface area contributed by atoms with E-state index in [1.165, 1.54) is 11.3 Å². The Balaban J connectivity index is 2.46. The first kappa shape index (κ1) is 8.40. The van der Waals surface area contributed by atoms with E-state index in [1.54, 1.807) is 6.07 Å². The zero-order valence-corrected chi connectivity index (χ0v) is 8.01. The van der Waals surface area contributed by atoms with Crippen LogP contribution in [0.25, 0.3) is 10.7 Å². The lowest BCUT2D eigenvalue weighted by Gasteiger charge is -1.94. The molecular weight excluding hydrogens is 208 g/mol. The molecule has 66 valence electrons. The highest BCUT2D eigenvalue weighted by Gasteiger charge is 2.05. The van der Waals surface area contributed by atoms with E-state index in [-0.39, 0.29) is 0 Å². The van der Waals surface area contributed by atoms with E-state index in [0.717, 1.165) is 0 Å². The predicted octanol–water partition coefficient (Wildman–Crippen LogP) is 1.84. The Labute approximate surface area is 83.4 Å². The van der Waals surface area contributed by atoms with Gasteiger partial charge in [-0.3, -0.25) is 0 Å². The number of nitrogens with two attached hydrogens (primary N) is 1. The van der Waals surface area contributed by atoms with Gasteiger partial charge in [-0.15, -0.1) is 10.2 Å². The van der Waals surface area contributed by atoms with Crippen molar-refractivity contribution in [3.05, 3.63) is 22.7 Å². The third-order valence-corrected chi connectivity index (χ3v) is 2.43. The Morgan fingerprint density at radius 1 is 1.31 bits per heavy atom. The highest BCUT2D eigenvalue weighted by atomic mass is 35.5. The number of halogens is 1. The van der Waals surface area contributed by atoms with Gasteiger partial charge in [0, 0.05) is 0 Å². The molecule has 6 heteroatoms. The van der Waals surface area contributed by atoms with E-state index >= 15 is 0 Å². The molecule has 2 rings (SSSR count). The van der Waals surface area contributed by atoms with Gasteiger partial charge in [-0.2, -0.15) is 0 Å². The van der Waals surface area contributed by atoms with Crippen LogP contribution in [0.5, 0.6) is 0 Å². The number of aromatic nitrogens is 3. The van der Waals surface area contributed by atoms with Gasteiger partial charge in [0.25, 0.3) is 0 Å². The molecule has 2 aromatic heterocycles. The van der Waals surface area contributed by atoms with Crippen LogP contribution in [-0.4, -0.2) is 15.2 Å². The molecule has 2 aromatic rings. The molecule has 0 aliphatic heterocycles. The van der Waals surface area contributed by atoms with Gasteiger partial charge < -0.3 is 5.73 Å². The second-order valence-electron chi connectivity index (χ2n) is 2.31. The number of hydrogen-bond donors (Lipinski definition) is 1. The van der Waals surface area contributed by atoms with Crippen LogP contribution < -0.4 is 5.73 Å². The van der Waals surface area contributed by atoms with Crippen LogP contribution in [0.1, 0.15) is 0 Å². The Kier molecular flexibility index (Phi) is 2.12. The third-order valence-electron chi connectivity index (χ3n) is 1.39. The van der Waals surface area contributed by atoms with Crippen LogP contribution in [0.3, 0.4) is 0 Å². The summed E-state index contributed by atoms with van der Waals surface area (Å²) in [5.41, 5.74) is 6.21. The van der Waals surface area contributed by atoms with Crippen molar-refractivity contribution in [2.24, 2.45) is 0 Å². The van der Waals surface area contributed by atoms with E-state index in [4.69, 9.17) is 17.3 Å². The summed E-state index contributed by atoms with van der Waals surface area (Å²) in [6.07, 6.45) is 0. The quantitative estimate of drug-likeness (QED) is 0.784. The molecule has 0 bridgehead atoms. The summed E-state index contributed by atoms with van der Waals surface area (Å²) in [4.78, 5) is 4.08. The SMILES string of the molecule is Nc1cccc(-c2nnc(Cl)s2)n1. The average Bonchev–Trinajstić information content (AvgIpc) is 2.52. The fourth-order valence-corrected chi connectivity index (χ4v) is 1.68. The van der Waals surface area contributed by atoms with Crippen molar-refractivity contribution in [3.8, 4) is 10.7 Å². The molecular formula is C7H5ClN4S. The summed E-state index contributed by atoms with van der Waals surface area (Å²) in [5, 5.41) is 8.20. The standard InChI is InChI=1S/C7H5ClN4S/c8-7-12-11-6(13-7)4-2-1-3-5(9)10-4/h1-3H,(H2,9,10). The van der Waals surface area contributed by atoms with Gasteiger partial charge in [0.1, 0.15) is 11.5 Å². The van der Waals surface area contributed by atoms with Gasteiger partial charge >= 0.3 is 0 Å². The smallest absolute Gasteiger partial charge is 0.207 e. The van der Waals surface area contributed by atoms with Crippen molar-refractivity contribution in [1.82, 2.24) is 15.2 Å². The van der Waals surface area contributed by atoms with Crippen LogP contribution in [0.4, 0.5) is 5.82 Å². The number of hydrogen-bond acceptors (Lipinski definition) is 5. The molecule has 0 aliphatic carbocycles. The monoisotopic (exact) mass is 212 g/mol. The molecule has 0 fully saturated rings. The minimum absolute atomic E-state index is 0.402. The van der Waals surface area contributed by atoms with Gasteiger partial charge in [0.2, 0.25) is 4.47 Å². The minimum Gasteiger partial charge on any atom is -0.384 e. The Morgan fingerprint density at radius 2 is 2.15 bits per heavy atom. The molecule has 0 saturated carbocycles. The first-order valence-corrected chi connectivity index (χ1v) is 4.67. The zero-order valence-electron chi connectivity index (χ0n) is 6.44. The van der Waals surface area contributed by atoms with Crippen molar-refractivity contribution in [1.29, 1.82) is 0 Å². The number of rotatable bonds is 1. The van der Waals surface area contributed by atoms with Gasteiger partial charge in [-0.05, 0) is 23.7 Å². The van der Waals surface area contributed by atoms with Crippen LogP contribution >= 0.6 is 22.9 Å². The fourth-order valence-electron chi connectivity index (χ4n) is 0.879. The number of anilines is 1. The van der Waals surface area contributed by atoms with E-state index < -0.39 is 0 Å². The predicted molar refractivity (Wildman–Crippen MR) is 52.6 cm³/mol. The van der Waals surface area contributed by atoms with Crippen LogP contribution in [0.2, 0.25) is 4.47 Å². The summed E-state index contributed by atoms with van der Waals surface area (Å²) >= 11 is 6.91. The van der Waals surface area contributed by atoms with E-state index in [2.05, 4.69) is 15.2 Å². The summed E-state index contributed by atoms with van der Waals surface area (Å²) < 4.78 is 0.402.